The summed E-state index contributed by atoms with van der Waals surface area (Å²) in [6.07, 6.45) is 1.82. The number of alkyl halides is 3. The number of hydrogen-bond acceptors (Lipinski definition) is 7. The lowest BCUT2D eigenvalue weighted by Crippen LogP contribution is -2.36. The van der Waals surface area contributed by atoms with E-state index in [2.05, 4.69) is 24.8 Å². The van der Waals surface area contributed by atoms with Gasteiger partial charge in [0.05, 0.1) is 47.8 Å². The predicted molar refractivity (Wildman–Crippen MR) is 138 cm³/mol. The number of ether oxygens (including phenoxy) is 1. The number of nitrogens with zero attached hydrogens (tertiary/aromatic N) is 8. The number of pyridine rings is 3. The molecule has 9 nitrogen and oxygen atoms in total. The third-order valence-electron chi connectivity index (χ3n) is 6.77. The van der Waals surface area contributed by atoms with Gasteiger partial charge in [-0.2, -0.15) is 18.4 Å². The van der Waals surface area contributed by atoms with Crippen LogP contribution in [0.2, 0.25) is 0 Å². The van der Waals surface area contributed by atoms with Gasteiger partial charge in [0, 0.05) is 37.3 Å². The van der Waals surface area contributed by atoms with E-state index in [0.29, 0.717) is 35.5 Å². The zero-order valence-electron chi connectivity index (χ0n) is 20.7. The molecule has 0 spiro atoms. The number of morpholine rings is 1. The van der Waals surface area contributed by atoms with Crippen molar-refractivity contribution in [3.05, 3.63) is 72.4 Å². The molecular formula is C27H21F3N8O. The van der Waals surface area contributed by atoms with E-state index < -0.39 is 11.9 Å². The highest BCUT2D eigenvalue weighted by atomic mass is 19.4. The Morgan fingerprint density at radius 1 is 0.949 bits per heavy atom. The van der Waals surface area contributed by atoms with Crippen LogP contribution >= 0.6 is 0 Å². The summed E-state index contributed by atoms with van der Waals surface area (Å²) in [6.45, 7) is 2.91. The highest BCUT2D eigenvalue weighted by Gasteiger charge is 2.32. The first kappa shape index (κ1) is 24.6. The van der Waals surface area contributed by atoms with Crippen LogP contribution < -0.4 is 10.5 Å². The summed E-state index contributed by atoms with van der Waals surface area (Å²) in [4.78, 5) is 19.0. The standard InChI is InChI=1S/C27H21F3N8O/c1-36-22-15-32-21-5-2-17(18-3-7-24(34-13-18)37-8-10-39-11-9-37)12-20(21)25(22)38(26(36)35-16-31)19-4-6-23(33-14-19)27(28,29)30/h2-7,12-15H,8-11H2,1H3/b35-26-. The summed E-state index contributed by atoms with van der Waals surface area (Å²) < 4.78 is 48.2. The normalized spacial score (nSPS) is 14.7. The molecule has 1 fully saturated rings. The third-order valence-corrected chi connectivity index (χ3v) is 6.77. The number of nitriles is 1. The molecule has 0 aliphatic carbocycles. The summed E-state index contributed by atoms with van der Waals surface area (Å²) in [5.74, 6) is 0.880. The molecule has 39 heavy (non-hydrogen) atoms. The fourth-order valence-corrected chi connectivity index (χ4v) is 4.82. The molecule has 5 heterocycles. The first-order chi connectivity index (χ1) is 18.8. The van der Waals surface area contributed by atoms with Crippen molar-refractivity contribution in [2.24, 2.45) is 12.0 Å². The van der Waals surface area contributed by atoms with Crippen LogP contribution in [0.15, 0.2) is 66.0 Å². The van der Waals surface area contributed by atoms with Gasteiger partial charge in [-0.05, 0) is 42.0 Å². The van der Waals surface area contributed by atoms with Crippen LogP contribution in [0, 0.1) is 11.5 Å². The molecule has 0 radical (unpaired) electrons. The van der Waals surface area contributed by atoms with Gasteiger partial charge in [-0.15, -0.1) is 4.99 Å². The van der Waals surface area contributed by atoms with Crippen LogP contribution in [0.1, 0.15) is 5.69 Å². The van der Waals surface area contributed by atoms with Gasteiger partial charge >= 0.3 is 6.18 Å². The van der Waals surface area contributed by atoms with E-state index >= 15 is 0 Å². The van der Waals surface area contributed by atoms with Crippen LogP contribution in [-0.2, 0) is 18.0 Å². The maximum absolute atomic E-state index is 13.2. The van der Waals surface area contributed by atoms with Gasteiger partial charge in [-0.1, -0.05) is 6.07 Å². The SMILES string of the molecule is Cn1/c(=N/C#N)n(-c2ccc(C(F)(F)F)nc2)c2c3cc(-c4ccc(N5CCOCC5)nc4)ccc3ncc21. The Balaban J connectivity index is 1.53. The van der Waals surface area contributed by atoms with Crippen LogP contribution in [0.4, 0.5) is 19.0 Å². The maximum atomic E-state index is 13.2. The maximum Gasteiger partial charge on any atom is 0.433 e. The minimum atomic E-state index is -4.57. The second-order valence-corrected chi connectivity index (χ2v) is 9.03. The Morgan fingerprint density at radius 3 is 2.41 bits per heavy atom. The number of hydrogen-bond donors (Lipinski definition) is 0. The fourth-order valence-electron chi connectivity index (χ4n) is 4.82. The van der Waals surface area contributed by atoms with Gasteiger partial charge in [0.15, 0.2) is 0 Å². The first-order valence-electron chi connectivity index (χ1n) is 12.1. The van der Waals surface area contributed by atoms with Crippen molar-refractivity contribution in [3.63, 3.8) is 0 Å². The first-order valence-corrected chi connectivity index (χ1v) is 12.1. The summed E-state index contributed by atoms with van der Waals surface area (Å²) in [7, 11) is 1.72. The Labute approximate surface area is 220 Å². The minimum Gasteiger partial charge on any atom is -0.378 e. The molecule has 0 bridgehead atoms. The van der Waals surface area contributed by atoms with E-state index in [1.807, 2.05) is 36.5 Å². The number of aromatic nitrogens is 5. The predicted octanol–water partition coefficient (Wildman–Crippen LogP) is 4.21. The van der Waals surface area contributed by atoms with Crippen molar-refractivity contribution in [2.45, 2.75) is 6.18 Å². The average molecular weight is 531 g/mol. The quantitative estimate of drug-likeness (QED) is 0.324. The number of fused-ring (bicyclic) bond motifs is 3. The van der Waals surface area contributed by atoms with Crippen molar-refractivity contribution in [2.75, 3.05) is 31.2 Å². The molecule has 196 valence electrons. The third kappa shape index (κ3) is 4.36. The molecule has 0 atom stereocenters. The monoisotopic (exact) mass is 530 g/mol. The van der Waals surface area contributed by atoms with Crippen LogP contribution in [-0.4, -0.2) is 50.4 Å². The van der Waals surface area contributed by atoms with E-state index in [9.17, 15) is 18.4 Å². The molecule has 0 N–H and O–H groups in total. The van der Waals surface area contributed by atoms with Gasteiger partial charge in [-0.3, -0.25) is 9.55 Å². The second-order valence-electron chi connectivity index (χ2n) is 9.03. The molecule has 4 aromatic heterocycles. The van der Waals surface area contributed by atoms with E-state index in [0.717, 1.165) is 47.7 Å². The number of benzene rings is 1. The summed E-state index contributed by atoms with van der Waals surface area (Å²) in [5.41, 5.74) is 3.29. The van der Waals surface area contributed by atoms with Crippen molar-refractivity contribution in [1.82, 2.24) is 24.1 Å². The molecule has 0 saturated carbocycles. The van der Waals surface area contributed by atoms with Gasteiger partial charge in [0.25, 0.3) is 0 Å². The highest BCUT2D eigenvalue weighted by Crippen LogP contribution is 2.31. The lowest BCUT2D eigenvalue weighted by atomic mass is 10.0. The average Bonchev–Trinajstić information content (AvgIpc) is 3.24. The lowest BCUT2D eigenvalue weighted by Gasteiger charge is -2.27. The molecule has 1 aliphatic heterocycles. The number of rotatable bonds is 3. The van der Waals surface area contributed by atoms with Gasteiger partial charge in [0.2, 0.25) is 11.8 Å². The molecule has 6 rings (SSSR count). The van der Waals surface area contributed by atoms with E-state index in [1.165, 1.54) is 6.07 Å². The van der Waals surface area contributed by atoms with E-state index in [-0.39, 0.29) is 5.62 Å². The number of anilines is 1. The molecule has 1 aromatic carbocycles. The van der Waals surface area contributed by atoms with Gasteiger partial charge in [0.1, 0.15) is 11.5 Å². The molecular weight excluding hydrogens is 509 g/mol. The summed E-state index contributed by atoms with van der Waals surface area (Å²) in [5, 5.41) is 10.1. The Hall–Kier alpha value is -4.76. The Bertz CT molecular complexity index is 1790. The molecule has 0 unspecified atom stereocenters. The van der Waals surface area contributed by atoms with Gasteiger partial charge < -0.3 is 14.2 Å². The van der Waals surface area contributed by atoms with Crippen molar-refractivity contribution < 1.29 is 17.9 Å². The number of aryl methyl sites for hydroxylation is 1. The lowest BCUT2D eigenvalue weighted by molar-refractivity contribution is -0.141. The largest absolute Gasteiger partial charge is 0.433 e. The van der Waals surface area contributed by atoms with Crippen LogP contribution in [0.25, 0.3) is 38.8 Å². The number of halogens is 3. The summed E-state index contributed by atoms with van der Waals surface area (Å²) in [6, 6.07) is 12.0. The topological polar surface area (TPSA) is 97.2 Å². The highest BCUT2D eigenvalue weighted by molar-refractivity contribution is 6.04. The fraction of sp³-hybridized carbons (Fsp3) is 0.222. The zero-order valence-corrected chi connectivity index (χ0v) is 20.7. The zero-order chi connectivity index (χ0) is 27.1. The summed E-state index contributed by atoms with van der Waals surface area (Å²) >= 11 is 0. The molecule has 1 aliphatic rings. The molecule has 1 saturated heterocycles. The molecule has 5 aromatic rings. The van der Waals surface area contributed by atoms with Gasteiger partial charge in [-0.25, -0.2) is 9.97 Å². The van der Waals surface area contributed by atoms with E-state index in [1.54, 1.807) is 28.6 Å². The number of imidazole rings is 1. The second kappa shape index (κ2) is 9.52. The Kier molecular flexibility index (Phi) is 6.00. The van der Waals surface area contributed by atoms with Crippen molar-refractivity contribution >= 4 is 27.8 Å². The minimum absolute atomic E-state index is 0.227. The van der Waals surface area contributed by atoms with Crippen LogP contribution in [0.5, 0.6) is 0 Å². The smallest absolute Gasteiger partial charge is 0.378 e. The van der Waals surface area contributed by atoms with Crippen molar-refractivity contribution in [3.8, 4) is 23.0 Å². The van der Waals surface area contributed by atoms with E-state index in [4.69, 9.17) is 4.74 Å². The molecule has 0 amide bonds. The molecule has 12 heteroatoms. The Morgan fingerprint density at radius 2 is 1.74 bits per heavy atom. The van der Waals surface area contributed by atoms with Crippen molar-refractivity contribution in [1.29, 1.82) is 5.26 Å². The van der Waals surface area contributed by atoms with Crippen LogP contribution in [0.3, 0.4) is 0 Å².